The van der Waals surface area contributed by atoms with Crippen molar-refractivity contribution in [2.24, 2.45) is 0 Å². The third kappa shape index (κ3) is 11.5. The molecule has 4 rings (SSSR count). The lowest BCUT2D eigenvalue weighted by atomic mass is 9.97. The zero-order chi connectivity index (χ0) is 36.9. The summed E-state index contributed by atoms with van der Waals surface area (Å²) in [5, 5.41) is 45.8. The van der Waals surface area contributed by atoms with Gasteiger partial charge in [-0.25, -0.2) is 15.0 Å². The first kappa shape index (κ1) is 40.8. The average molecular weight is 752 g/mol. The van der Waals surface area contributed by atoms with Gasteiger partial charge in [-0.3, -0.25) is 18.7 Å². The van der Waals surface area contributed by atoms with E-state index >= 15 is 0 Å². The minimum atomic E-state index is -3.27. The maximum atomic E-state index is 12.2. The predicted octanol–water partition coefficient (Wildman–Crippen LogP) is -3.31. The molecule has 2 aromatic heterocycles. The van der Waals surface area contributed by atoms with Gasteiger partial charge >= 0.3 is 8.25 Å². The van der Waals surface area contributed by atoms with Crippen molar-refractivity contribution in [2.75, 3.05) is 58.7 Å². The number of amides is 2. The fourth-order valence-corrected chi connectivity index (χ4v) is 5.73. The first-order chi connectivity index (χ1) is 24.5. The Hall–Kier alpha value is -2.96. The van der Waals surface area contributed by atoms with Crippen molar-refractivity contribution < 1.29 is 72.4 Å². The van der Waals surface area contributed by atoms with E-state index in [9.17, 15) is 34.6 Å². The summed E-state index contributed by atoms with van der Waals surface area (Å²) in [6, 6.07) is -1.03. The highest BCUT2D eigenvalue weighted by Gasteiger charge is 2.47. The molecule has 0 spiro atoms. The van der Waals surface area contributed by atoms with Crippen LogP contribution >= 0.6 is 8.25 Å². The van der Waals surface area contributed by atoms with E-state index in [1.165, 1.54) is 24.1 Å². The number of anilines is 1. The van der Waals surface area contributed by atoms with Gasteiger partial charge < -0.3 is 74.6 Å². The molecule has 0 bridgehead atoms. The number of aliphatic hydroxyl groups is 4. The second kappa shape index (κ2) is 20.3. The number of nitrogens with one attached hydrogen (secondary N) is 2. The Morgan fingerprint density at radius 3 is 2.53 bits per heavy atom. The summed E-state index contributed by atoms with van der Waals surface area (Å²) in [5.74, 6) is -0.509. The normalized spacial score (nSPS) is 28.5. The van der Waals surface area contributed by atoms with Gasteiger partial charge in [0, 0.05) is 26.5 Å². The van der Waals surface area contributed by atoms with Crippen LogP contribution in [0.15, 0.2) is 12.7 Å². The van der Waals surface area contributed by atoms with Crippen LogP contribution in [0.5, 0.6) is 0 Å². The van der Waals surface area contributed by atoms with Gasteiger partial charge in [-0.2, -0.15) is 0 Å². The Balaban J connectivity index is 1.08. The summed E-state index contributed by atoms with van der Waals surface area (Å²) in [6.45, 7) is 0.997. The Kier molecular flexibility index (Phi) is 16.3. The number of aromatic nitrogens is 4. The number of hydrogen-bond donors (Lipinski definition) is 8. The van der Waals surface area contributed by atoms with Crippen molar-refractivity contribution in [2.45, 2.75) is 81.4 Å². The Bertz CT molecular complexity index is 1430. The van der Waals surface area contributed by atoms with Crippen LogP contribution < -0.4 is 16.4 Å². The fraction of sp³-hybridized carbons (Fsp3) is 0.750. The molecule has 4 unspecified atom stereocenters. The minimum absolute atomic E-state index is 0.127. The maximum Gasteiger partial charge on any atom is 0.316 e. The molecule has 288 valence electrons. The number of nitrogens with two attached hydrogens (primary N) is 1. The third-order valence-corrected chi connectivity index (χ3v) is 8.37. The molecule has 2 aromatic rings. The van der Waals surface area contributed by atoms with E-state index in [0.29, 0.717) is 24.0 Å². The highest BCUT2D eigenvalue weighted by atomic mass is 31.1. The number of carbonyl (C=O) groups excluding carboxylic acids is 2. The van der Waals surface area contributed by atoms with E-state index in [4.69, 9.17) is 43.6 Å². The first-order valence-electron chi connectivity index (χ1n) is 16.2. The van der Waals surface area contributed by atoms with Crippen molar-refractivity contribution >= 4 is 37.1 Å². The van der Waals surface area contributed by atoms with Crippen molar-refractivity contribution in [3.05, 3.63) is 12.7 Å². The van der Waals surface area contributed by atoms with Crippen LogP contribution in [0.4, 0.5) is 5.82 Å². The van der Waals surface area contributed by atoms with E-state index in [1.54, 1.807) is 0 Å². The van der Waals surface area contributed by atoms with Crippen LogP contribution in [-0.4, -0.2) is 159 Å². The second-order valence-electron chi connectivity index (χ2n) is 11.6. The molecule has 4 heterocycles. The molecule has 2 fully saturated rings. The molecule has 2 saturated heterocycles. The highest BCUT2D eigenvalue weighted by molar-refractivity contribution is 7.32. The van der Waals surface area contributed by atoms with Gasteiger partial charge in [0.05, 0.1) is 39.4 Å². The molecule has 0 aliphatic carbocycles. The molecule has 2 aliphatic rings. The summed E-state index contributed by atoms with van der Waals surface area (Å²) in [7, 11) is -3.27. The molecule has 10 atom stereocenters. The number of imidazole rings is 1. The van der Waals surface area contributed by atoms with Gasteiger partial charge in [-0.15, -0.1) is 0 Å². The number of hydrogen-bond acceptors (Lipinski definition) is 18. The second-order valence-corrected chi connectivity index (χ2v) is 12.4. The number of nitrogens with zero attached hydrogens (tertiary/aromatic N) is 4. The molecule has 9 N–H and O–H groups in total. The number of carbonyl (C=O) groups is 2. The molecule has 2 aliphatic heterocycles. The molecule has 51 heavy (non-hydrogen) atoms. The number of nitrogen functional groups attached to an aromatic ring is 1. The van der Waals surface area contributed by atoms with Crippen LogP contribution in [0.2, 0.25) is 0 Å². The summed E-state index contributed by atoms with van der Waals surface area (Å²) in [5.41, 5.74) is 6.51. The SMILES string of the molecule is CC(=O)N[C@@H]1[C@@H](OCCCCC(=O)NCCOCCOCO[C@H]2C(n3cnc4c(N)ncnc43)O[C@H](CO[PH](=O)O)[C@H]2O)OC(CO)C(O)[C@H]1O. The average Bonchev–Trinajstić information content (AvgIpc) is 3.66. The zero-order valence-corrected chi connectivity index (χ0v) is 28.8. The lowest BCUT2D eigenvalue weighted by Crippen LogP contribution is -2.64. The van der Waals surface area contributed by atoms with Crippen molar-refractivity contribution in [1.29, 1.82) is 0 Å². The van der Waals surface area contributed by atoms with E-state index in [0.717, 1.165) is 0 Å². The van der Waals surface area contributed by atoms with Crippen LogP contribution in [0.3, 0.4) is 0 Å². The van der Waals surface area contributed by atoms with E-state index in [2.05, 4.69) is 25.6 Å². The maximum absolute atomic E-state index is 12.2. The minimum Gasteiger partial charge on any atom is -0.394 e. The quantitative estimate of drug-likeness (QED) is 0.0352. The van der Waals surface area contributed by atoms with Gasteiger partial charge in [0.25, 0.3) is 0 Å². The molecular weight excluding hydrogens is 705 g/mol. The van der Waals surface area contributed by atoms with Crippen LogP contribution in [-0.2, 0) is 47.1 Å². The number of rotatable bonds is 21. The van der Waals surface area contributed by atoms with Gasteiger partial charge in [0.2, 0.25) is 11.8 Å². The van der Waals surface area contributed by atoms with Crippen molar-refractivity contribution in [1.82, 2.24) is 30.2 Å². The fourth-order valence-electron chi connectivity index (χ4n) is 5.43. The Labute approximate surface area is 292 Å². The zero-order valence-electron chi connectivity index (χ0n) is 27.8. The van der Waals surface area contributed by atoms with Gasteiger partial charge in [0.1, 0.15) is 61.3 Å². The number of aliphatic hydroxyl groups excluding tert-OH is 4. The third-order valence-electron chi connectivity index (χ3n) is 7.96. The van der Waals surface area contributed by atoms with Gasteiger partial charge in [0.15, 0.2) is 24.0 Å². The van der Waals surface area contributed by atoms with Crippen molar-refractivity contribution in [3.8, 4) is 0 Å². The van der Waals surface area contributed by atoms with E-state index in [-0.39, 0.29) is 64.5 Å². The van der Waals surface area contributed by atoms with Gasteiger partial charge in [-0.1, -0.05) is 0 Å². The lowest BCUT2D eigenvalue weighted by Gasteiger charge is -2.42. The summed E-state index contributed by atoms with van der Waals surface area (Å²) in [6.07, 6.45) is -5.40. The standard InChI is InChI=1S/C28H46N7O15P/c1-15(37)34-19-23(41)21(39)16(10-36)50-28(19)46-6-3-2-4-18(38)30-5-7-44-8-9-45-14-47-24-22(40)17(11-48-51(42)43)49-27(24)35-13-33-20-25(29)31-12-32-26(20)35/h12-13,16-17,19,21-24,27-28,36,39-41,51H,2-11,14H2,1H3,(H,30,38)(H,34,37)(H,42,43)(H2,29,31,32)/t16?,17-,19+,21?,22-,23+,24-,27?,28+/m1/s1. The molecule has 0 aromatic carbocycles. The highest BCUT2D eigenvalue weighted by Crippen LogP contribution is 2.35. The van der Waals surface area contributed by atoms with Crippen LogP contribution in [0.1, 0.15) is 32.4 Å². The van der Waals surface area contributed by atoms with E-state index < -0.39 is 76.0 Å². The van der Waals surface area contributed by atoms with E-state index in [1.807, 2.05) is 0 Å². The van der Waals surface area contributed by atoms with Crippen molar-refractivity contribution in [3.63, 3.8) is 0 Å². The summed E-state index contributed by atoms with van der Waals surface area (Å²) >= 11 is 0. The number of fused-ring (bicyclic) bond motifs is 1. The monoisotopic (exact) mass is 751 g/mol. The van der Waals surface area contributed by atoms with Gasteiger partial charge in [-0.05, 0) is 12.8 Å². The Morgan fingerprint density at radius 2 is 1.78 bits per heavy atom. The molecule has 22 nitrogen and oxygen atoms in total. The van der Waals surface area contributed by atoms with Crippen LogP contribution in [0, 0.1) is 0 Å². The first-order valence-corrected chi connectivity index (χ1v) is 17.4. The largest absolute Gasteiger partial charge is 0.394 e. The number of unbranched alkanes of at least 4 members (excludes halogenated alkanes) is 1. The summed E-state index contributed by atoms with van der Waals surface area (Å²) in [4.78, 5) is 45.0. The van der Waals surface area contributed by atoms with Crippen LogP contribution in [0.25, 0.3) is 11.2 Å². The topological polar surface area (TPSA) is 311 Å². The summed E-state index contributed by atoms with van der Waals surface area (Å²) < 4.78 is 51.1. The molecule has 23 heteroatoms. The Morgan fingerprint density at radius 1 is 1.00 bits per heavy atom. The predicted molar refractivity (Wildman–Crippen MR) is 172 cm³/mol. The molecule has 2 amide bonds. The smallest absolute Gasteiger partial charge is 0.316 e. The molecular formula is C28H46N7O15P. The molecule has 0 saturated carbocycles. The number of ether oxygens (including phenoxy) is 6. The lowest BCUT2D eigenvalue weighted by molar-refractivity contribution is -0.270. The molecule has 0 radical (unpaired) electrons.